The van der Waals surface area contributed by atoms with Gasteiger partial charge < -0.3 is 20.9 Å². The Kier molecular flexibility index (Phi) is 9.18. The molecule has 7 nitrogen and oxygen atoms in total. The standard InChI is InChI=1S/C24H38N6O/c1-2-3-4-5-6-7-14-28-24(25)29-17-18-8-10-19(11-9-18)23(31)30-21-13-16-27-22-20(21)12-15-26-22/h12-13,15-16,18-19H,2-11,14,17H2,1H3,(H3,25,28,29)(H2,26,27,30,31)/t18-,19-. The molecule has 1 aliphatic rings. The molecule has 0 aromatic carbocycles. The van der Waals surface area contributed by atoms with Gasteiger partial charge in [0.1, 0.15) is 5.65 Å². The normalized spacial score (nSPS) is 18.6. The number of fused-ring (bicyclic) bond motifs is 1. The molecule has 31 heavy (non-hydrogen) atoms. The number of unbranched alkanes of at least 4 members (excludes halogenated alkanes) is 5. The molecular weight excluding hydrogens is 388 g/mol. The van der Waals surface area contributed by atoms with E-state index in [1.54, 1.807) is 6.20 Å². The number of carbonyl (C=O) groups excluding carboxylic acids is 1. The number of H-pyrrole nitrogens is 1. The van der Waals surface area contributed by atoms with E-state index in [0.29, 0.717) is 11.9 Å². The number of aromatic amines is 1. The highest BCUT2D eigenvalue weighted by molar-refractivity contribution is 6.00. The van der Waals surface area contributed by atoms with Crippen molar-refractivity contribution in [2.45, 2.75) is 71.1 Å². The zero-order valence-corrected chi connectivity index (χ0v) is 18.8. The number of aromatic nitrogens is 2. The minimum absolute atomic E-state index is 0.0590. The number of anilines is 1. The van der Waals surface area contributed by atoms with Gasteiger partial charge in [-0.15, -0.1) is 0 Å². The van der Waals surface area contributed by atoms with Crippen LogP contribution in [0.1, 0.15) is 71.1 Å². The molecular formula is C24H38N6O. The monoisotopic (exact) mass is 426 g/mol. The van der Waals surface area contributed by atoms with Crippen molar-refractivity contribution in [1.29, 1.82) is 5.41 Å². The summed E-state index contributed by atoms with van der Waals surface area (Å²) in [7, 11) is 0. The van der Waals surface area contributed by atoms with E-state index in [2.05, 4.69) is 32.8 Å². The summed E-state index contributed by atoms with van der Waals surface area (Å²) in [5.74, 6) is 1.12. The average molecular weight is 427 g/mol. The lowest BCUT2D eigenvalue weighted by Crippen LogP contribution is -2.40. The maximum absolute atomic E-state index is 12.7. The predicted octanol–water partition coefficient (Wildman–Crippen LogP) is 4.78. The van der Waals surface area contributed by atoms with Crippen molar-refractivity contribution in [3.63, 3.8) is 0 Å². The molecule has 0 spiro atoms. The fourth-order valence-electron chi connectivity index (χ4n) is 4.36. The number of guanidine groups is 1. The highest BCUT2D eigenvalue weighted by atomic mass is 16.1. The second kappa shape index (κ2) is 12.3. The number of hydrogen-bond acceptors (Lipinski definition) is 3. The van der Waals surface area contributed by atoms with Crippen LogP contribution in [0, 0.1) is 17.2 Å². The molecule has 1 aliphatic carbocycles. The number of hydrogen-bond donors (Lipinski definition) is 5. The Morgan fingerprint density at radius 3 is 2.68 bits per heavy atom. The molecule has 1 saturated carbocycles. The third kappa shape index (κ3) is 7.26. The Balaban J connectivity index is 1.29. The summed E-state index contributed by atoms with van der Waals surface area (Å²) in [5.41, 5.74) is 1.62. The lowest BCUT2D eigenvalue weighted by atomic mass is 9.81. The van der Waals surface area contributed by atoms with Gasteiger partial charge >= 0.3 is 0 Å². The van der Waals surface area contributed by atoms with Gasteiger partial charge in [-0.05, 0) is 50.2 Å². The van der Waals surface area contributed by atoms with Crippen LogP contribution in [-0.2, 0) is 4.79 Å². The first-order valence-electron chi connectivity index (χ1n) is 12.0. The highest BCUT2D eigenvalue weighted by Crippen LogP contribution is 2.30. The topological polar surface area (TPSA) is 106 Å². The molecule has 3 rings (SSSR count). The zero-order valence-electron chi connectivity index (χ0n) is 18.8. The highest BCUT2D eigenvalue weighted by Gasteiger charge is 2.26. The number of pyridine rings is 1. The van der Waals surface area contributed by atoms with Crippen LogP contribution in [0.15, 0.2) is 24.5 Å². The van der Waals surface area contributed by atoms with Crippen molar-refractivity contribution in [2.24, 2.45) is 11.8 Å². The fraction of sp³-hybridized carbons (Fsp3) is 0.625. The first-order valence-corrected chi connectivity index (χ1v) is 12.0. The van der Waals surface area contributed by atoms with E-state index >= 15 is 0 Å². The van der Waals surface area contributed by atoms with E-state index in [1.807, 2.05) is 18.3 Å². The summed E-state index contributed by atoms with van der Waals surface area (Å²) in [5, 5.41) is 18.5. The maximum Gasteiger partial charge on any atom is 0.227 e. The summed E-state index contributed by atoms with van der Waals surface area (Å²) in [4.78, 5) is 20.1. The SMILES string of the molecule is CCCCCCCCNC(=N)NC[C@H]1CC[C@H](C(=O)Nc2ccnc3[nH]ccc23)CC1. The van der Waals surface area contributed by atoms with E-state index in [-0.39, 0.29) is 11.8 Å². The van der Waals surface area contributed by atoms with Crippen molar-refractivity contribution >= 4 is 28.6 Å². The molecule has 0 saturated heterocycles. The molecule has 0 unspecified atom stereocenters. The molecule has 0 atom stereocenters. The molecule has 0 aliphatic heterocycles. The van der Waals surface area contributed by atoms with E-state index in [9.17, 15) is 4.79 Å². The molecule has 1 amide bonds. The third-order valence-electron chi connectivity index (χ3n) is 6.34. The van der Waals surface area contributed by atoms with Crippen molar-refractivity contribution in [2.75, 3.05) is 18.4 Å². The second-order valence-electron chi connectivity index (χ2n) is 8.76. The first kappa shape index (κ1) is 23.1. The van der Waals surface area contributed by atoms with Gasteiger partial charge in [-0.2, -0.15) is 0 Å². The molecule has 7 heteroatoms. The molecule has 170 valence electrons. The van der Waals surface area contributed by atoms with Crippen LogP contribution in [0.3, 0.4) is 0 Å². The number of nitrogens with one attached hydrogen (secondary N) is 5. The minimum Gasteiger partial charge on any atom is -0.357 e. The molecule has 1 fully saturated rings. The van der Waals surface area contributed by atoms with Crippen LogP contribution in [0.25, 0.3) is 11.0 Å². The van der Waals surface area contributed by atoms with Crippen LogP contribution in [0.2, 0.25) is 0 Å². The second-order valence-corrected chi connectivity index (χ2v) is 8.76. The van der Waals surface area contributed by atoms with E-state index in [1.165, 1.54) is 32.1 Å². The minimum atomic E-state index is 0.0590. The number of nitrogens with zero attached hydrogens (tertiary/aromatic N) is 1. The van der Waals surface area contributed by atoms with Gasteiger partial charge in [0, 0.05) is 36.8 Å². The molecule has 0 bridgehead atoms. The van der Waals surface area contributed by atoms with Crippen molar-refractivity contribution < 1.29 is 4.79 Å². The van der Waals surface area contributed by atoms with Crippen LogP contribution in [-0.4, -0.2) is 34.9 Å². The summed E-state index contributed by atoms with van der Waals surface area (Å²) in [6, 6.07) is 3.80. The van der Waals surface area contributed by atoms with Crippen LogP contribution in [0.4, 0.5) is 5.69 Å². The van der Waals surface area contributed by atoms with Crippen molar-refractivity contribution in [3.8, 4) is 0 Å². The third-order valence-corrected chi connectivity index (χ3v) is 6.34. The Morgan fingerprint density at radius 2 is 1.87 bits per heavy atom. The molecule has 0 radical (unpaired) electrons. The Morgan fingerprint density at radius 1 is 1.10 bits per heavy atom. The lowest BCUT2D eigenvalue weighted by molar-refractivity contribution is -0.121. The van der Waals surface area contributed by atoms with Gasteiger partial charge in [-0.3, -0.25) is 10.2 Å². The van der Waals surface area contributed by atoms with E-state index < -0.39 is 0 Å². The fourth-order valence-corrected chi connectivity index (χ4v) is 4.36. The van der Waals surface area contributed by atoms with Gasteiger partial charge in [-0.25, -0.2) is 4.98 Å². The van der Waals surface area contributed by atoms with Crippen LogP contribution in [0.5, 0.6) is 0 Å². The van der Waals surface area contributed by atoms with Gasteiger partial charge in [0.15, 0.2) is 5.96 Å². The van der Waals surface area contributed by atoms with Crippen LogP contribution < -0.4 is 16.0 Å². The summed E-state index contributed by atoms with van der Waals surface area (Å²) >= 11 is 0. The van der Waals surface area contributed by atoms with Gasteiger partial charge in [0.2, 0.25) is 5.91 Å². The Labute approximate surface area is 185 Å². The summed E-state index contributed by atoms with van der Waals surface area (Å²) in [6.45, 7) is 3.91. The van der Waals surface area contributed by atoms with Gasteiger partial charge in [-0.1, -0.05) is 39.0 Å². The van der Waals surface area contributed by atoms with Gasteiger partial charge in [0.05, 0.1) is 5.69 Å². The number of carbonyl (C=O) groups is 1. The lowest BCUT2D eigenvalue weighted by Gasteiger charge is -2.28. The number of rotatable bonds is 11. The first-order chi connectivity index (χ1) is 15.2. The average Bonchev–Trinajstić information content (AvgIpc) is 3.27. The van der Waals surface area contributed by atoms with E-state index in [4.69, 9.17) is 5.41 Å². The largest absolute Gasteiger partial charge is 0.357 e. The summed E-state index contributed by atoms with van der Waals surface area (Å²) in [6.07, 6.45) is 15.0. The molecule has 2 heterocycles. The van der Waals surface area contributed by atoms with Crippen molar-refractivity contribution in [3.05, 3.63) is 24.5 Å². The zero-order chi connectivity index (χ0) is 21.9. The quantitative estimate of drug-likeness (QED) is 0.202. The van der Waals surface area contributed by atoms with E-state index in [0.717, 1.165) is 61.9 Å². The Bertz CT molecular complexity index is 824. The Hall–Kier alpha value is -2.57. The molecule has 2 aromatic heterocycles. The van der Waals surface area contributed by atoms with Gasteiger partial charge in [0.25, 0.3) is 0 Å². The smallest absolute Gasteiger partial charge is 0.227 e. The van der Waals surface area contributed by atoms with Crippen LogP contribution >= 0.6 is 0 Å². The number of amides is 1. The summed E-state index contributed by atoms with van der Waals surface area (Å²) < 4.78 is 0. The molecule has 2 aromatic rings. The molecule has 5 N–H and O–H groups in total. The predicted molar refractivity (Wildman–Crippen MR) is 127 cm³/mol. The van der Waals surface area contributed by atoms with Crippen molar-refractivity contribution in [1.82, 2.24) is 20.6 Å². The maximum atomic E-state index is 12.7.